The summed E-state index contributed by atoms with van der Waals surface area (Å²) in [6.45, 7) is 4.18. The Kier molecular flexibility index (Phi) is 5.28. The lowest BCUT2D eigenvalue weighted by molar-refractivity contribution is -0.0859. The number of ether oxygens (including phenoxy) is 1. The number of benzene rings is 1. The maximum atomic E-state index is 9.54. The average molecular weight is 331 g/mol. The van der Waals surface area contributed by atoms with Crippen LogP contribution < -0.4 is 0 Å². The molecule has 0 radical (unpaired) electrons. The zero-order chi connectivity index (χ0) is 17.0. The van der Waals surface area contributed by atoms with E-state index in [1.165, 1.54) is 0 Å². The van der Waals surface area contributed by atoms with Crippen LogP contribution in [0, 0.1) is 0 Å². The fraction of sp³-hybridized carbons (Fsp3) is 0.556. The Labute approximate surface area is 142 Å². The van der Waals surface area contributed by atoms with Crippen LogP contribution in [0.2, 0.25) is 0 Å². The number of aliphatic hydroxyl groups is 1. The number of nitrogens with zero attached hydrogens (tertiary/aromatic N) is 3. The molecule has 130 valence electrons. The van der Waals surface area contributed by atoms with E-state index in [1.54, 1.807) is 7.11 Å². The predicted molar refractivity (Wildman–Crippen MR) is 89.6 cm³/mol. The van der Waals surface area contributed by atoms with E-state index in [-0.39, 0.29) is 6.10 Å². The summed E-state index contributed by atoms with van der Waals surface area (Å²) in [7, 11) is 1.70. The first kappa shape index (κ1) is 17.1. The van der Waals surface area contributed by atoms with Crippen LogP contribution in [0.15, 0.2) is 34.9 Å². The number of piperidine rings is 1. The van der Waals surface area contributed by atoms with Crippen molar-refractivity contribution < 1.29 is 14.4 Å². The topological polar surface area (TPSA) is 71.6 Å². The quantitative estimate of drug-likeness (QED) is 0.873. The normalized spacial score (nSPS) is 19.3. The van der Waals surface area contributed by atoms with Gasteiger partial charge < -0.3 is 19.3 Å². The highest BCUT2D eigenvalue weighted by molar-refractivity contribution is 5.18. The number of hydrogen-bond donors (Lipinski definition) is 1. The van der Waals surface area contributed by atoms with E-state index in [0.29, 0.717) is 24.7 Å². The van der Waals surface area contributed by atoms with Crippen molar-refractivity contribution in [3.05, 3.63) is 47.6 Å². The molecule has 1 aromatic heterocycles. The smallest absolute Gasteiger partial charge is 0.258 e. The van der Waals surface area contributed by atoms with Gasteiger partial charge in [0.1, 0.15) is 5.60 Å². The molecule has 2 aromatic rings. The first-order chi connectivity index (χ1) is 11.6. The number of likely N-dealkylation sites (tertiary alicyclic amines) is 1. The molecule has 3 rings (SSSR count). The van der Waals surface area contributed by atoms with Gasteiger partial charge in [0.15, 0.2) is 5.82 Å². The van der Waals surface area contributed by atoms with E-state index in [1.807, 2.05) is 25.1 Å². The molecule has 1 aliphatic rings. The Morgan fingerprint density at radius 3 is 2.62 bits per heavy atom. The lowest BCUT2D eigenvalue weighted by atomic mass is 9.90. The molecule has 24 heavy (non-hydrogen) atoms. The van der Waals surface area contributed by atoms with Gasteiger partial charge in [0.05, 0.1) is 6.10 Å². The van der Waals surface area contributed by atoms with E-state index in [9.17, 15) is 5.11 Å². The van der Waals surface area contributed by atoms with E-state index in [0.717, 1.165) is 31.5 Å². The van der Waals surface area contributed by atoms with Crippen molar-refractivity contribution in [2.24, 2.45) is 0 Å². The minimum Gasteiger partial charge on any atom is -0.392 e. The van der Waals surface area contributed by atoms with Gasteiger partial charge in [0.25, 0.3) is 5.89 Å². The highest BCUT2D eigenvalue weighted by Crippen LogP contribution is 2.35. The molecule has 0 saturated carbocycles. The fourth-order valence-electron chi connectivity index (χ4n) is 3.27. The zero-order valence-corrected chi connectivity index (χ0v) is 14.3. The highest BCUT2D eigenvalue weighted by Gasteiger charge is 2.41. The monoisotopic (exact) mass is 331 g/mol. The summed E-state index contributed by atoms with van der Waals surface area (Å²) in [4.78, 5) is 6.83. The fourth-order valence-corrected chi connectivity index (χ4v) is 3.27. The summed E-state index contributed by atoms with van der Waals surface area (Å²) < 4.78 is 11.3. The first-order valence-corrected chi connectivity index (χ1v) is 8.44. The summed E-state index contributed by atoms with van der Waals surface area (Å²) in [5.41, 5.74) is 0.639. The van der Waals surface area contributed by atoms with Crippen molar-refractivity contribution in [3.8, 4) is 0 Å². The minimum absolute atomic E-state index is 0.319. The molecule has 0 aliphatic carbocycles. The van der Waals surface area contributed by atoms with Crippen LogP contribution in [-0.4, -0.2) is 53.0 Å². The molecule has 6 heteroatoms. The van der Waals surface area contributed by atoms with E-state index < -0.39 is 5.60 Å². The molecule has 1 unspecified atom stereocenters. The summed E-state index contributed by atoms with van der Waals surface area (Å²) in [6, 6.07) is 10.1. The van der Waals surface area contributed by atoms with Gasteiger partial charge in [-0.15, -0.1) is 0 Å². The third kappa shape index (κ3) is 3.83. The Morgan fingerprint density at radius 1 is 1.29 bits per heavy atom. The molecule has 1 aromatic carbocycles. The number of aromatic nitrogens is 2. The molecule has 0 spiro atoms. The zero-order valence-electron chi connectivity index (χ0n) is 14.3. The van der Waals surface area contributed by atoms with Crippen molar-refractivity contribution in [1.29, 1.82) is 0 Å². The van der Waals surface area contributed by atoms with Crippen molar-refractivity contribution in [1.82, 2.24) is 15.0 Å². The minimum atomic E-state index is -0.517. The predicted octanol–water partition coefficient (Wildman–Crippen LogP) is 1.98. The first-order valence-electron chi connectivity index (χ1n) is 8.44. The average Bonchev–Trinajstić information content (AvgIpc) is 3.05. The van der Waals surface area contributed by atoms with Gasteiger partial charge in [-0.3, -0.25) is 0 Å². The molecule has 1 N–H and O–H groups in total. The maximum Gasteiger partial charge on any atom is 0.258 e. The molecule has 6 nitrogen and oxygen atoms in total. The van der Waals surface area contributed by atoms with Crippen LogP contribution in [0.5, 0.6) is 0 Å². The van der Waals surface area contributed by atoms with Crippen LogP contribution in [0.4, 0.5) is 0 Å². The summed E-state index contributed by atoms with van der Waals surface area (Å²) in [6.07, 6.45) is 1.89. The lowest BCUT2D eigenvalue weighted by Crippen LogP contribution is -2.45. The Bertz CT molecular complexity index is 634. The van der Waals surface area contributed by atoms with Crippen LogP contribution in [0.25, 0.3) is 0 Å². The Balaban J connectivity index is 1.68. The molecule has 0 amide bonds. The second-order valence-electron chi connectivity index (χ2n) is 6.53. The summed E-state index contributed by atoms with van der Waals surface area (Å²) >= 11 is 0. The molecular weight excluding hydrogens is 306 g/mol. The number of methoxy groups -OCH3 is 1. The highest BCUT2D eigenvalue weighted by atomic mass is 16.5. The van der Waals surface area contributed by atoms with Gasteiger partial charge in [-0.2, -0.15) is 4.98 Å². The second kappa shape index (κ2) is 7.42. The van der Waals surface area contributed by atoms with E-state index in [2.05, 4.69) is 27.2 Å². The molecule has 1 aliphatic heterocycles. The van der Waals surface area contributed by atoms with Gasteiger partial charge in [-0.1, -0.05) is 35.5 Å². The van der Waals surface area contributed by atoms with Crippen molar-refractivity contribution in [3.63, 3.8) is 0 Å². The SMILES string of the molecule is COC1(c2nc(Cc3ccccc3)no2)CCN(CC(C)O)CC1. The van der Waals surface area contributed by atoms with E-state index >= 15 is 0 Å². The number of aliphatic hydroxyl groups excluding tert-OH is 1. The van der Waals surface area contributed by atoms with Crippen molar-refractivity contribution >= 4 is 0 Å². The number of rotatable bonds is 6. The van der Waals surface area contributed by atoms with Crippen LogP contribution in [-0.2, 0) is 16.8 Å². The summed E-state index contributed by atoms with van der Waals surface area (Å²) in [5, 5.41) is 13.7. The Morgan fingerprint density at radius 2 is 2.00 bits per heavy atom. The summed E-state index contributed by atoms with van der Waals surface area (Å²) in [5.74, 6) is 1.24. The third-order valence-corrected chi connectivity index (χ3v) is 4.64. The van der Waals surface area contributed by atoms with Crippen molar-refractivity contribution in [2.45, 2.75) is 37.9 Å². The number of β-amino-alcohol motifs (C(OH)–C–C–N with tert-alkyl or cyclic N) is 1. The van der Waals surface area contributed by atoms with Crippen LogP contribution in [0.3, 0.4) is 0 Å². The van der Waals surface area contributed by atoms with Gasteiger partial charge in [-0.05, 0) is 25.3 Å². The van der Waals surface area contributed by atoms with Gasteiger partial charge >= 0.3 is 0 Å². The van der Waals surface area contributed by atoms with Crippen molar-refractivity contribution in [2.75, 3.05) is 26.7 Å². The maximum absolute atomic E-state index is 9.54. The molecule has 1 atom stereocenters. The van der Waals surface area contributed by atoms with Crippen LogP contribution >= 0.6 is 0 Å². The molecule has 1 fully saturated rings. The Hall–Kier alpha value is -1.76. The number of hydrogen-bond acceptors (Lipinski definition) is 6. The standard InChI is InChI=1S/C18H25N3O3/c1-14(22)13-21-10-8-18(23-2,9-11-21)17-19-16(20-24-17)12-15-6-4-3-5-7-15/h3-7,14,22H,8-13H2,1-2H3. The molecule has 1 saturated heterocycles. The second-order valence-corrected chi connectivity index (χ2v) is 6.53. The van der Waals surface area contributed by atoms with Gasteiger partial charge in [-0.25, -0.2) is 0 Å². The van der Waals surface area contributed by atoms with Crippen LogP contribution in [0.1, 0.15) is 37.0 Å². The molecule has 0 bridgehead atoms. The van der Waals surface area contributed by atoms with E-state index in [4.69, 9.17) is 9.26 Å². The largest absolute Gasteiger partial charge is 0.392 e. The molecular formula is C18H25N3O3. The third-order valence-electron chi connectivity index (χ3n) is 4.64. The van der Waals surface area contributed by atoms with Gasteiger partial charge in [0.2, 0.25) is 0 Å². The molecule has 2 heterocycles. The lowest BCUT2D eigenvalue weighted by Gasteiger charge is -2.38. The van der Waals surface area contributed by atoms with Gasteiger partial charge in [0, 0.05) is 33.2 Å².